The van der Waals surface area contributed by atoms with E-state index in [1.54, 1.807) is 51.4 Å². The molecule has 63 heavy (non-hydrogen) atoms. The van der Waals surface area contributed by atoms with Gasteiger partial charge in [0.1, 0.15) is 49.3 Å². The first-order chi connectivity index (χ1) is 30.0. The minimum atomic E-state index is -1.03. The molecule has 4 heterocycles. The van der Waals surface area contributed by atoms with Crippen LogP contribution in [0.15, 0.2) is 50.4 Å². The number of nitrogens with zero attached hydrogens (tertiary/aromatic N) is 4. The van der Waals surface area contributed by atoms with E-state index in [1.165, 1.54) is 25.7 Å². The van der Waals surface area contributed by atoms with Gasteiger partial charge in [-0.3, -0.25) is 19.2 Å². The first kappa shape index (κ1) is 50.7. The number of ketones is 2. The van der Waals surface area contributed by atoms with E-state index in [0.717, 1.165) is 0 Å². The fourth-order valence-electron chi connectivity index (χ4n) is 7.67. The molecule has 1 aliphatic heterocycles. The lowest BCUT2D eigenvalue weighted by atomic mass is 9.84. The van der Waals surface area contributed by atoms with Crippen LogP contribution in [0.25, 0.3) is 29.2 Å². The molecule has 0 fully saturated rings. The largest absolute Gasteiger partial charge is 0.462 e. The molecule has 3 aromatic heterocycles. The predicted molar refractivity (Wildman–Crippen MR) is 230 cm³/mol. The SMILES string of the molecule is CO[C@H]1C/C=C/c2nc(co2)-c2nc(co2)-c2nc(co2)[C@@H](C)CC(=O)CCC[C@H](O)CC(=O)O[C@@H](C[C@H](OC)[C@@H](C)CCC(=O)[C@@H](C)C(OC(C)=O)C(C)/C=C/N(C)CO)[C@@H]1C. The summed E-state index contributed by atoms with van der Waals surface area (Å²) in [5.41, 5.74) is 1.30. The molecule has 4 rings (SSSR count). The van der Waals surface area contributed by atoms with Gasteiger partial charge in [0.2, 0.25) is 17.7 Å². The molecular weight excluding hydrogens is 817 g/mol. The van der Waals surface area contributed by atoms with Gasteiger partial charge in [0.05, 0.1) is 36.3 Å². The van der Waals surface area contributed by atoms with Crippen molar-refractivity contribution < 1.29 is 61.6 Å². The number of hydrogen-bond donors (Lipinski definition) is 2. The van der Waals surface area contributed by atoms with Gasteiger partial charge < -0.3 is 47.3 Å². The zero-order valence-corrected chi connectivity index (χ0v) is 38.1. The monoisotopic (exact) mass is 882 g/mol. The number of aliphatic hydroxyl groups excluding tert-OH is 2. The lowest BCUT2D eigenvalue weighted by molar-refractivity contribution is -0.160. The minimum absolute atomic E-state index is 0.0138. The summed E-state index contributed by atoms with van der Waals surface area (Å²) in [5, 5.41) is 20.2. The second kappa shape index (κ2) is 24.8. The van der Waals surface area contributed by atoms with Gasteiger partial charge in [-0.1, -0.05) is 46.8 Å². The first-order valence-electron chi connectivity index (χ1n) is 21.7. The van der Waals surface area contributed by atoms with Gasteiger partial charge in [-0.25, -0.2) is 15.0 Å². The van der Waals surface area contributed by atoms with E-state index >= 15 is 0 Å². The molecule has 6 bridgehead atoms. The van der Waals surface area contributed by atoms with E-state index in [9.17, 15) is 29.4 Å². The Morgan fingerprint density at radius 1 is 1.00 bits per heavy atom. The smallest absolute Gasteiger partial charge is 0.308 e. The molecular formula is C46H66N4O13. The van der Waals surface area contributed by atoms with Crippen LogP contribution in [-0.2, 0) is 38.1 Å². The summed E-state index contributed by atoms with van der Waals surface area (Å²) in [4.78, 5) is 67.1. The second-order valence-corrected chi connectivity index (χ2v) is 16.8. The van der Waals surface area contributed by atoms with Gasteiger partial charge in [0, 0.05) is 71.6 Å². The third-order valence-corrected chi connectivity index (χ3v) is 11.7. The molecule has 17 heteroatoms. The highest BCUT2D eigenvalue weighted by atomic mass is 16.6. The number of cyclic esters (lactones) is 1. The highest BCUT2D eigenvalue weighted by Gasteiger charge is 2.35. The van der Waals surface area contributed by atoms with E-state index in [4.69, 9.17) is 32.2 Å². The molecule has 0 aliphatic carbocycles. The normalized spacial score (nSPS) is 23.7. The molecule has 2 N–H and O–H groups in total. The fourth-order valence-corrected chi connectivity index (χ4v) is 7.67. The van der Waals surface area contributed by atoms with Gasteiger partial charge in [0.25, 0.3) is 0 Å². The summed E-state index contributed by atoms with van der Waals surface area (Å²) in [7, 11) is 4.85. The van der Waals surface area contributed by atoms with Gasteiger partial charge in [-0.15, -0.1) is 0 Å². The number of carbonyl (C=O) groups excluding carboxylic acids is 4. The van der Waals surface area contributed by atoms with E-state index < -0.39 is 48.4 Å². The van der Waals surface area contributed by atoms with E-state index in [0.29, 0.717) is 42.2 Å². The van der Waals surface area contributed by atoms with Crippen LogP contribution in [0.2, 0.25) is 0 Å². The Balaban J connectivity index is 1.51. The Hall–Kier alpha value is -4.97. The van der Waals surface area contributed by atoms with Crippen LogP contribution < -0.4 is 0 Å². The number of carbonyl (C=O) groups is 4. The fraction of sp³-hybridized carbons (Fsp3) is 0.630. The molecule has 3 aromatic rings. The summed E-state index contributed by atoms with van der Waals surface area (Å²) in [6, 6.07) is 0. The van der Waals surface area contributed by atoms with Gasteiger partial charge in [-0.05, 0) is 43.9 Å². The Kier molecular flexibility index (Phi) is 19.9. The summed E-state index contributed by atoms with van der Waals surface area (Å²) in [6.45, 7) is 10.5. The molecule has 17 nitrogen and oxygen atoms in total. The number of Topliss-reactive ketones (excluding diaryl/α,β-unsaturated/α-hetero) is 2. The van der Waals surface area contributed by atoms with Crippen LogP contribution in [0, 0.1) is 23.7 Å². The lowest BCUT2D eigenvalue weighted by Gasteiger charge is -2.34. The molecule has 10 atom stereocenters. The van der Waals surface area contributed by atoms with Crippen LogP contribution >= 0.6 is 0 Å². The Labute approximate surface area is 369 Å². The highest BCUT2D eigenvalue weighted by molar-refractivity contribution is 5.82. The number of aliphatic hydroxyl groups is 2. The molecule has 2 unspecified atom stereocenters. The summed E-state index contributed by atoms with van der Waals surface area (Å²) >= 11 is 0. The van der Waals surface area contributed by atoms with E-state index in [2.05, 4.69) is 15.0 Å². The highest BCUT2D eigenvalue weighted by Crippen LogP contribution is 2.31. The third kappa shape index (κ3) is 15.4. The maximum Gasteiger partial charge on any atom is 0.308 e. The van der Waals surface area contributed by atoms with Crippen molar-refractivity contribution in [1.29, 1.82) is 0 Å². The second-order valence-electron chi connectivity index (χ2n) is 16.8. The Morgan fingerprint density at radius 3 is 2.40 bits per heavy atom. The quantitative estimate of drug-likeness (QED) is 0.116. The van der Waals surface area contributed by atoms with Gasteiger partial charge in [-0.2, -0.15) is 0 Å². The van der Waals surface area contributed by atoms with Crippen LogP contribution in [0.3, 0.4) is 0 Å². The molecule has 0 saturated heterocycles. The summed E-state index contributed by atoms with van der Waals surface area (Å²) < 4.78 is 40.6. The Morgan fingerprint density at radius 2 is 1.70 bits per heavy atom. The topological polar surface area (TPSA) is 227 Å². The molecule has 0 amide bonds. The molecule has 348 valence electrons. The predicted octanol–water partition coefficient (Wildman–Crippen LogP) is 6.94. The molecule has 0 saturated carbocycles. The zero-order chi connectivity index (χ0) is 46.2. The number of rotatable bonds is 15. The van der Waals surface area contributed by atoms with Crippen molar-refractivity contribution >= 4 is 29.6 Å². The summed E-state index contributed by atoms with van der Waals surface area (Å²) in [6.07, 6.45) is 10.1. The van der Waals surface area contributed by atoms with Crippen LogP contribution in [0.1, 0.15) is 117 Å². The van der Waals surface area contributed by atoms with Crippen molar-refractivity contribution in [2.24, 2.45) is 23.7 Å². The number of esters is 2. The van der Waals surface area contributed by atoms with Crippen LogP contribution in [0.4, 0.5) is 0 Å². The maximum atomic E-state index is 13.6. The van der Waals surface area contributed by atoms with Gasteiger partial charge in [0.15, 0.2) is 11.4 Å². The average molecular weight is 883 g/mol. The first-order valence-corrected chi connectivity index (χ1v) is 21.7. The van der Waals surface area contributed by atoms with Crippen molar-refractivity contribution in [2.45, 2.75) is 136 Å². The van der Waals surface area contributed by atoms with Crippen molar-refractivity contribution in [1.82, 2.24) is 19.9 Å². The zero-order valence-electron chi connectivity index (χ0n) is 38.1. The number of ether oxygens (including phenoxy) is 4. The average Bonchev–Trinajstić information content (AvgIpc) is 4.05. The van der Waals surface area contributed by atoms with Gasteiger partial charge >= 0.3 is 11.9 Å². The number of oxazole rings is 3. The molecule has 1 aliphatic rings. The molecule has 0 radical (unpaired) electrons. The minimum Gasteiger partial charge on any atom is -0.462 e. The van der Waals surface area contributed by atoms with Crippen molar-refractivity contribution in [3.63, 3.8) is 0 Å². The number of fused-ring (bicyclic) bond motifs is 8. The third-order valence-electron chi connectivity index (χ3n) is 11.7. The lowest BCUT2D eigenvalue weighted by Crippen LogP contribution is -2.39. The standard InChI is InChI=1S/C46H66N4O13/c1-27(16-17-38(55)30(4)44(62-32(6)52)28(2)18-19-50(7)26-51)40(58-9)22-41-31(5)39(57-8)14-11-15-42-47-36(24-59-42)45-49-37(25-61-45)46-48-35(23-60-46)29(3)20-33(53)12-10-13-34(54)21-43(56)63-41/h11,15,18-19,23-25,27-31,34,39-41,44,51,54H,10,12-14,16-17,20-22,26H2,1-9H3/b15-11+,19-18+/t27-,28?,29-,30+,31+,34-,39-,40-,41-,44?/m0/s1. The van der Waals surface area contributed by atoms with Crippen LogP contribution in [0.5, 0.6) is 0 Å². The maximum absolute atomic E-state index is 13.6. The van der Waals surface area contributed by atoms with E-state index in [1.807, 2.05) is 33.8 Å². The van der Waals surface area contributed by atoms with Crippen molar-refractivity contribution in [3.8, 4) is 23.2 Å². The van der Waals surface area contributed by atoms with Crippen LogP contribution in [-0.4, -0.2) is 112 Å². The number of hydrogen-bond acceptors (Lipinski definition) is 17. The molecule has 0 aromatic carbocycles. The Bertz CT molecular complexity index is 1970. The van der Waals surface area contributed by atoms with Crippen molar-refractivity contribution in [3.05, 3.63) is 48.7 Å². The number of aromatic nitrogens is 3. The number of methoxy groups -OCH3 is 2. The van der Waals surface area contributed by atoms with E-state index in [-0.39, 0.29) is 92.3 Å². The summed E-state index contributed by atoms with van der Waals surface area (Å²) in [5.74, 6) is -2.13. The molecule has 0 spiro atoms. The van der Waals surface area contributed by atoms with Crippen molar-refractivity contribution in [2.75, 3.05) is 28.0 Å².